The van der Waals surface area contributed by atoms with Crippen molar-refractivity contribution in [1.29, 1.82) is 5.26 Å². The van der Waals surface area contributed by atoms with Crippen molar-refractivity contribution in [2.75, 3.05) is 13.2 Å². The van der Waals surface area contributed by atoms with Crippen LogP contribution in [0.4, 0.5) is 0 Å². The summed E-state index contributed by atoms with van der Waals surface area (Å²) in [6, 6.07) is 8.61. The van der Waals surface area contributed by atoms with E-state index in [2.05, 4.69) is 5.32 Å². The van der Waals surface area contributed by atoms with Crippen LogP contribution in [0.3, 0.4) is 0 Å². The molecule has 0 saturated carbocycles. The van der Waals surface area contributed by atoms with Crippen molar-refractivity contribution < 1.29 is 14.6 Å². The lowest BCUT2D eigenvalue weighted by Crippen LogP contribution is -2.40. The summed E-state index contributed by atoms with van der Waals surface area (Å²) < 4.78 is 5.31. The molecule has 2 N–H and O–H groups in total. The molecule has 1 amide bonds. The van der Waals surface area contributed by atoms with Crippen LogP contribution >= 0.6 is 0 Å². The van der Waals surface area contributed by atoms with E-state index in [-0.39, 0.29) is 31.1 Å². The first-order valence-corrected chi connectivity index (χ1v) is 6.10. The molecule has 5 nitrogen and oxygen atoms in total. The number of benzene rings is 1. The van der Waals surface area contributed by atoms with Crippen molar-refractivity contribution in [1.82, 2.24) is 5.32 Å². The normalized spacial score (nSPS) is 13.2. The highest BCUT2D eigenvalue weighted by Gasteiger charge is 2.14. The molecule has 102 valence electrons. The van der Waals surface area contributed by atoms with Gasteiger partial charge in [0.25, 0.3) is 5.91 Å². The summed E-state index contributed by atoms with van der Waals surface area (Å²) in [5.74, 6) is 0.0962. The SMILES string of the molecule is CC(CO)C(C)NC(=O)COc1ccccc1C#N. The molecule has 0 spiro atoms. The molecule has 0 saturated heterocycles. The Balaban J connectivity index is 2.49. The number of aliphatic hydroxyl groups excluding tert-OH is 1. The predicted molar refractivity (Wildman–Crippen MR) is 70.5 cm³/mol. The zero-order valence-electron chi connectivity index (χ0n) is 11.1. The molecule has 0 fully saturated rings. The first kappa shape index (κ1) is 15.0. The molecule has 0 bridgehead atoms. The van der Waals surface area contributed by atoms with E-state index in [1.807, 2.05) is 19.9 Å². The van der Waals surface area contributed by atoms with Gasteiger partial charge in [0.2, 0.25) is 0 Å². The van der Waals surface area contributed by atoms with Gasteiger partial charge in [-0.05, 0) is 25.0 Å². The number of amides is 1. The maximum atomic E-state index is 11.6. The summed E-state index contributed by atoms with van der Waals surface area (Å²) in [5.41, 5.74) is 0.395. The molecular formula is C14H18N2O3. The second-order valence-corrected chi connectivity index (χ2v) is 4.41. The number of hydrogen-bond acceptors (Lipinski definition) is 4. The number of carbonyl (C=O) groups excluding carboxylic acids is 1. The number of rotatable bonds is 6. The van der Waals surface area contributed by atoms with Gasteiger partial charge in [-0.25, -0.2) is 0 Å². The van der Waals surface area contributed by atoms with Crippen LogP contribution in [-0.4, -0.2) is 30.3 Å². The first-order valence-electron chi connectivity index (χ1n) is 6.10. The first-order chi connectivity index (χ1) is 9.08. The third-order valence-electron chi connectivity index (χ3n) is 2.90. The zero-order chi connectivity index (χ0) is 14.3. The Hall–Kier alpha value is -2.06. The van der Waals surface area contributed by atoms with Gasteiger partial charge >= 0.3 is 0 Å². The topological polar surface area (TPSA) is 82.3 Å². The molecule has 1 aromatic carbocycles. The maximum Gasteiger partial charge on any atom is 0.258 e. The van der Waals surface area contributed by atoms with Crippen molar-refractivity contribution in [3.8, 4) is 11.8 Å². The molecule has 19 heavy (non-hydrogen) atoms. The van der Waals surface area contributed by atoms with E-state index in [0.29, 0.717) is 11.3 Å². The summed E-state index contributed by atoms with van der Waals surface area (Å²) in [5, 5.41) is 20.6. The zero-order valence-corrected chi connectivity index (χ0v) is 11.1. The molecule has 0 aliphatic carbocycles. The van der Waals surface area contributed by atoms with Crippen LogP contribution < -0.4 is 10.1 Å². The van der Waals surface area contributed by atoms with E-state index in [4.69, 9.17) is 15.1 Å². The number of nitrogens with one attached hydrogen (secondary N) is 1. The predicted octanol–water partition coefficient (Wildman–Crippen LogP) is 1.07. The molecule has 2 atom stereocenters. The molecule has 5 heteroatoms. The van der Waals surface area contributed by atoms with E-state index in [9.17, 15) is 4.79 Å². The van der Waals surface area contributed by atoms with Gasteiger partial charge in [-0.15, -0.1) is 0 Å². The van der Waals surface area contributed by atoms with Crippen molar-refractivity contribution in [2.45, 2.75) is 19.9 Å². The lowest BCUT2D eigenvalue weighted by molar-refractivity contribution is -0.124. The average molecular weight is 262 g/mol. The highest BCUT2D eigenvalue weighted by Crippen LogP contribution is 2.16. The van der Waals surface area contributed by atoms with Crippen molar-refractivity contribution >= 4 is 5.91 Å². The Morgan fingerprint density at radius 2 is 2.16 bits per heavy atom. The molecule has 1 aromatic rings. The Morgan fingerprint density at radius 1 is 1.47 bits per heavy atom. The Bertz CT molecular complexity index is 468. The van der Waals surface area contributed by atoms with Crippen LogP contribution in [0.1, 0.15) is 19.4 Å². The Labute approximate surface area is 112 Å². The highest BCUT2D eigenvalue weighted by atomic mass is 16.5. The minimum Gasteiger partial charge on any atom is -0.482 e. The third-order valence-corrected chi connectivity index (χ3v) is 2.90. The molecule has 2 unspecified atom stereocenters. The summed E-state index contributed by atoms with van der Waals surface area (Å²) in [7, 11) is 0. The second-order valence-electron chi connectivity index (χ2n) is 4.41. The summed E-state index contributed by atoms with van der Waals surface area (Å²) >= 11 is 0. The van der Waals surface area contributed by atoms with Gasteiger partial charge in [-0.3, -0.25) is 4.79 Å². The van der Waals surface area contributed by atoms with Crippen LogP contribution in [0, 0.1) is 17.2 Å². The van der Waals surface area contributed by atoms with Crippen LogP contribution in [0.5, 0.6) is 5.75 Å². The number of aliphatic hydroxyl groups is 1. The minimum atomic E-state index is -0.277. The maximum absolute atomic E-state index is 11.6. The lowest BCUT2D eigenvalue weighted by Gasteiger charge is -2.19. The van der Waals surface area contributed by atoms with Crippen LogP contribution in [0.25, 0.3) is 0 Å². The van der Waals surface area contributed by atoms with E-state index >= 15 is 0 Å². The van der Waals surface area contributed by atoms with Gasteiger partial charge in [-0.1, -0.05) is 19.1 Å². The Morgan fingerprint density at radius 3 is 2.79 bits per heavy atom. The molecule has 0 aromatic heterocycles. The summed E-state index contributed by atoms with van der Waals surface area (Å²) in [6.45, 7) is 3.53. The molecule has 0 aliphatic heterocycles. The largest absolute Gasteiger partial charge is 0.482 e. The van der Waals surface area contributed by atoms with Gasteiger partial charge in [-0.2, -0.15) is 5.26 Å². The smallest absolute Gasteiger partial charge is 0.258 e. The number of ether oxygens (including phenoxy) is 1. The number of hydrogen-bond donors (Lipinski definition) is 2. The highest BCUT2D eigenvalue weighted by molar-refractivity contribution is 5.77. The fourth-order valence-corrected chi connectivity index (χ4v) is 1.42. The Kier molecular flexibility index (Phi) is 5.83. The van der Waals surface area contributed by atoms with E-state index in [0.717, 1.165) is 0 Å². The lowest BCUT2D eigenvalue weighted by atomic mass is 10.1. The molecule has 0 aliphatic rings. The van der Waals surface area contributed by atoms with Crippen LogP contribution in [-0.2, 0) is 4.79 Å². The monoisotopic (exact) mass is 262 g/mol. The van der Waals surface area contributed by atoms with Crippen molar-refractivity contribution in [3.63, 3.8) is 0 Å². The molecular weight excluding hydrogens is 244 g/mol. The fraction of sp³-hybridized carbons (Fsp3) is 0.429. The quantitative estimate of drug-likeness (QED) is 0.803. The van der Waals surface area contributed by atoms with E-state index in [1.165, 1.54) is 0 Å². The average Bonchev–Trinajstić information content (AvgIpc) is 2.44. The number of nitrogens with zero attached hydrogens (tertiary/aromatic N) is 1. The van der Waals surface area contributed by atoms with Gasteiger partial charge < -0.3 is 15.2 Å². The number of nitriles is 1. The van der Waals surface area contributed by atoms with E-state index in [1.54, 1.807) is 24.3 Å². The second kappa shape index (κ2) is 7.39. The van der Waals surface area contributed by atoms with Gasteiger partial charge in [0.05, 0.1) is 5.56 Å². The summed E-state index contributed by atoms with van der Waals surface area (Å²) in [4.78, 5) is 11.6. The van der Waals surface area contributed by atoms with Crippen LogP contribution in [0.2, 0.25) is 0 Å². The van der Waals surface area contributed by atoms with E-state index < -0.39 is 0 Å². The van der Waals surface area contributed by atoms with Crippen LogP contribution in [0.15, 0.2) is 24.3 Å². The molecule has 0 heterocycles. The number of carbonyl (C=O) groups is 1. The third kappa shape index (κ3) is 4.60. The fourth-order valence-electron chi connectivity index (χ4n) is 1.42. The number of para-hydroxylation sites is 1. The summed E-state index contributed by atoms with van der Waals surface area (Å²) in [6.07, 6.45) is 0. The van der Waals surface area contributed by atoms with Gasteiger partial charge in [0.15, 0.2) is 6.61 Å². The molecule has 1 rings (SSSR count). The van der Waals surface area contributed by atoms with Gasteiger partial charge in [0, 0.05) is 12.6 Å². The van der Waals surface area contributed by atoms with Gasteiger partial charge in [0.1, 0.15) is 11.8 Å². The minimum absolute atomic E-state index is 0.0135. The van der Waals surface area contributed by atoms with Crippen molar-refractivity contribution in [2.24, 2.45) is 5.92 Å². The molecule has 0 radical (unpaired) electrons. The standard InChI is InChI=1S/C14H18N2O3/c1-10(8-17)11(2)16-14(18)9-19-13-6-4-3-5-12(13)7-15/h3-6,10-11,17H,8-9H2,1-2H3,(H,16,18). The van der Waals surface area contributed by atoms with Crippen molar-refractivity contribution in [3.05, 3.63) is 29.8 Å².